The second kappa shape index (κ2) is 7.19. The Kier molecular flexibility index (Phi) is 5.30. The Morgan fingerprint density at radius 3 is 2.67 bits per heavy atom. The number of methoxy groups -OCH3 is 1. The summed E-state index contributed by atoms with van der Waals surface area (Å²) in [5.41, 5.74) is 1.26. The summed E-state index contributed by atoms with van der Waals surface area (Å²) in [5.74, 6) is -0.952. The van der Waals surface area contributed by atoms with Gasteiger partial charge in [0, 0.05) is 20.2 Å². The Labute approximate surface area is 123 Å². The highest BCUT2D eigenvalue weighted by Crippen LogP contribution is 2.09. The highest BCUT2D eigenvalue weighted by molar-refractivity contribution is 5.87. The minimum atomic E-state index is -0.935. The summed E-state index contributed by atoms with van der Waals surface area (Å²) in [4.78, 5) is 22.7. The van der Waals surface area contributed by atoms with Crippen molar-refractivity contribution in [2.75, 3.05) is 20.2 Å². The molecule has 1 aromatic rings. The molecule has 1 fully saturated rings. The van der Waals surface area contributed by atoms with Crippen LogP contribution in [0.4, 0.5) is 0 Å². The lowest BCUT2D eigenvalue weighted by Crippen LogP contribution is -2.41. The third kappa shape index (κ3) is 4.27. The number of ether oxygens (including phenoxy) is 1. The first-order chi connectivity index (χ1) is 10.1. The van der Waals surface area contributed by atoms with Gasteiger partial charge in [-0.25, -0.2) is 4.79 Å². The Morgan fingerprint density at radius 2 is 2.10 bits per heavy atom. The van der Waals surface area contributed by atoms with Crippen molar-refractivity contribution >= 4 is 11.9 Å². The molecule has 6 nitrogen and oxygen atoms in total. The molecule has 1 heterocycles. The standard InChI is InChI=1S/C15H20N2O4/c1-21-12-8-13(17-9-12)14(18)16-7-6-10-2-4-11(5-3-10)15(19)20/h2-5,12-13,17H,6-9H2,1H3,(H,16,18)(H,19,20). The molecule has 0 saturated carbocycles. The van der Waals surface area contributed by atoms with E-state index >= 15 is 0 Å². The number of carboxylic acids is 1. The number of benzene rings is 1. The number of hydrogen-bond acceptors (Lipinski definition) is 4. The number of amides is 1. The predicted octanol–water partition coefficient (Wildman–Crippen LogP) is 0.420. The monoisotopic (exact) mass is 292 g/mol. The molecular formula is C15H20N2O4. The van der Waals surface area contributed by atoms with Crippen LogP contribution < -0.4 is 10.6 Å². The van der Waals surface area contributed by atoms with Crippen molar-refractivity contribution in [2.24, 2.45) is 0 Å². The largest absolute Gasteiger partial charge is 0.478 e. The Bertz CT molecular complexity index is 501. The Hall–Kier alpha value is -1.92. The van der Waals surface area contributed by atoms with Crippen molar-refractivity contribution in [3.63, 3.8) is 0 Å². The van der Waals surface area contributed by atoms with Crippen molar-refractivity contribution < 1.29 is 19.4 Å². The lowest BCUT2D eigenvalue weighted by Gasteiger charge is -2.11. The summed E-state index contributed by atoms with van der Waals surface area (Å²) in [6, 6.07) is 6.49. The first-order valence-corrected chi connectivity index (χ1v) is 6.96. The summed E-state index contributed by atoms with van der Waals surface area (Å²) in [7, 11) is 1.65. The zero-order chi connectivity index (χ0) is 15.2. The first kappa shape index (κ1) is 15.5. The summed E-state index contributed by atoms with van der Waals surface area (Å²) < 4.78 is 5.21. The molecule has 114 valence electrons. The number of carboxylic acid groups (broad SMARTS) is 1. The van der Waals surface area contributed by atoms with Gasteiger partial charge in [0.1, 0.15) is 0 Å². The molecule has 1 saturated heterocycles. The van der Waals surface area contributed by atoms with E-state index < -0.39 is 5.97 Å². The van der Waals surface area contributed by atoms with Crippen molar-refractivity contribution in [1.82, 2.24) is 10.6 Å². The van der Waals surface area contributed by atoms with Crippen molar-refractivity contribution in [2.45, 2.75) is 25.0 Å². The Morgan fingerprint density at radius 1 is 1.38 bits per heavy atom. The zero-order valence-electron chi connectivity index (χ0n) is 12.0. The fourth-order valence-corrected chi connectivity index (χ4v) is 2.35. The summed E-state index contributed by atoms with van der Waals surface area (Å²) in [5, 5.41) is 14.8. The van der Waals surface area contributed by atoms with E-state index in [2.05, 4.69) is 10.6 Å². The summed E-state index contributed by atoms with van der Waals surface area (Å²) in [6.45, 7) is 1.23. The molecule has 2 atom stereocenters. The van der Waals surface area contributed by atoms with Gasteiger partial charge in [-0.05, 0) is 30.5 Å². The van der Waals surface area contributed by atoms with Gasteiger partial charge in [0.05, 0.1) is 17.7 Å². The van der Waals surface area contributed by atoms with Gasteiger partial charge in [0.25, 0.3) is 0 Å². The zero-order valence-corrected chi connectivity index (χ0v) is 12.0. The molecule has 21 heavy (non-hydrogen) atoms. The third-order valence-electron chi connectivity index (χ3n) is 3.65. The van der Waals surface area contributed by atoms with Crippen LogP contribution in [0.15, 0.2) is 24.3 Å². The van der Waals surface area contributed by atoms with Crippen LogP contribution in [0.3, 0.4) is 0 Å². The van der Waals surface area contributed by atoms with E-state index in [0.717, 1.165) is 5.56 Å². The van der Waals surface area contributed by atoms with E-state index in [1.807, 2.05) is 0 Å². The highest BCUT2D eigenvalue weighted by Gasteiger charge is 2.28. The van der Waals surface area contributed by atoms with E-state index in [1.165, 1.54) is 0 Å². The molecule has 1 aliphatic heterocycles. The van der Waals surface area contributed by atoms with Gasteiger partial charge in [0.15, 0.2) is 0 Å². The fourth-order valence-electron chi connectivity index (χ4n) is 2.35. The smallest absolute Gasteiger partial charge is 0.335 e. The van der Waals surface area contributed by atoms with Gasteiger partial charge < -0.3 is 20.5 Å². The lowest BCUT2D eigenvalue weighted by molar-refractivity contribution is -0.122. The van der Waals surface area contributed by atoms with Gasteiger partial charge >= 0.3 is 5.97 Å². The number of hydrogen-bond donors (Lipinski definition) is 3. The molecule has 6 heteroatoms. The molecule has 1 amide bonds. The summed E-state index contributed by atoms with van der Waals surface area (Å²) in [6.07, 6.45) is 1.46. The fraction of sp³-hybridized carbons (Fsp3) is 0.467. The van der Waals surface area contributed by atoms with Crippen molar-refractivity contribution in [3.05, 3.63) is 35.4 Å². The van der Waals surface area contributed by atoms with Crippen LogP contribution >= 0.6 is 0 Å². The lowest BCUT2D eigenvalue weighted by atomic mass is 10.1. The maximum atomic E-state index is 11.9. The van der Waals surface area contributed by atoms with Gasteiger partial charge in [0.2, 0.25) is 5.91 Å². The van der Waals surface area contributed by atoms with Gasteiger partial charge in [-0.2, -0.15) is 0 Å². The maximum Gasteiger partial charge on any atom is 0.335 e. The van der Waals surface area contributed by atoms with Crippen LogP contribution in [-0.2, 0) is 16.0 Å². The van der Waals surface area contributed by atoms with Gasteiger partial charge in [-0.3, -0.25) is 4.79 Å². The highest BCUT2D eigenvalue weighted by atomic mass is 16.5. The van der Waals surface area contributed by atoms with Crippen LogP contribution in [0.25, 0.3) is 0 Å². The normalized spacial score (nSPS) is 21.2. The quantitative estimate of drug-likeness (QED) is 0.707. The minimum absolute atomic E-state index is 0.0169. The van der Waals surface area contributed by atoms with E-state index in [9.17, 15) is 9.59 Å². The average molecular weight is 292 g/mol. The van der Waals surface area contributed by atoms with Gasteiger partial charge in [-0.15, -0.1) is 0 Å². The number of carbonyl (C=O) groups is 2. The minimum Gasteiger partial charge on any atom is -0.478 e. The molecule has 1 aromatic carbocycles. The van der Waals surface area contributed by atoms with E-state index in [4.69, 9.17) is 9.84 Å². The second-order valence-corrected chi connectivity index (χ2v) is 5.10. The third-order valence-corrected chi connectivity index (χ3v) is 3.65. The maximum absolute atomic E-state index is 11.9. The molecule has 0 bridgehead atoms. The molecule has 1 aliphatic rings. The molecule has 2 rings (SSSR count). The molecule has 0 aromatic heterocycles. The molecule has 0 radical (unpaired) electrons. The molecular weight excluding hydrogens is 272 g/mol. The van der Waals surface area contributed by atoms with Crippen LogP contribution in [0.1, 0.15) is 22.3 Å². The number of rotatable bonds is 6. The number of nitrogens with one attached hydrogen (secondary N) is 2. The molecule has 3 N–H and O–H groups in total. The van der Waals surface area contributed by atoms with Gasteiger partial charge in [-0.1, -0.05) is 12.1 Å². The number of carbonyl (C=O) groups excluding carboxylic acids is 1. The van der Waals surface area contributed by atoms with E-state index in [0.29, 0.717) is 25.9 Å². The van der Waals surface area contributed by atoms with Crippen LogP contribution in [0.5, 0.6) is 0 Å². The number of aromatic carboxylic acids is 1. The van der Waals surface area contributed by atoms with E-state index in [-0.39, 0.29) is 23.6 Å². The molecule has 0 spiro atoms. The topological polar surface area (TPSA) is 87.7 Å². The SMILES string of the molecule is COC1CNC(C(=O)NCCc2ccc(C(=O)O)cc2)C1. The van der Waals surface area contributed by atoms with Crippen molar-refractivity contribution in [1.29, 1.82) is 0 Å². The van der Waals surface area contributed by atoms with E-state index in [1.54, 1.807) is 31.4 Å². The summed E-state index contributed by atoms with van der Waals surface area (Å²) >= 11 is 0. The van der Waals surface area contributed by atoms with Crippen LogP contribution in [-0.4, -0.2) is 49.3 Å². The first-order valence-electron chi connectivity index (χ1n) is 6.96. The predicted molar refractivity (Wildman–Crippen MR) is 77.3 cm³/mol. The average Bonchev–Trinajstić information content (AvgIpc) is 2.96. The molecule has 0 aliphatic carbocycles. The Balaban J connectivity index is 1.74. The second-order valence-electron chi connectivity index (χ2n) is 5.10. The molecule has 2 unspecified atom stereocenters. The van der Waals surface area contributed by atoms with Crippen LogP contribution in [0, 0.1) is 0 Å². The van der Waals surface area contributed by atoms with Crippen LogP contribution in [0.2, 0.25) is 0 Å². The van der Waals surface area contributed by atoms with Crippen molar-refractivity contribution in [3.8, 4) is 0 Å².